The summed E-state index contributed by atoms with van der Waals surface area (Å²) in [5.74, 6) is 1.11. The fourth-order valence-electron chi connectivity index (χ4n) is 3.20. The van der Waals surface area contributed by atoms with Crippen LogP contribution in [-0.4, -0.2) is 32.2 Å². The molecule has 0 spiro atoms. The lowest BCUT2D eigenvalue weighted by Gasteiger charge is -2.30. The van der Waals surface area contributed by atoms with Gasteiger partial charge in [-0.2, -0.15) is 0 Å². The van der Waals surface area contributed by atoms with Crippen LogP contribution in [0.25, 0.3) is 17.4 Å². The predicted octanol–water partition coefficient (Wildman–Crippen LogP) is 5.09. The number of carbonyl (C=O) groups excluding carboxylic acids is 1. The molecule has 1 fully saturated rings. The minimum atomic E-state index is -0.213. The zero-order valence-corrected chi connectivity index (χ0v) is 16.6. The number of amides is 1. The Morgan fingerprint density at radius 2 is 1.76 bits per heavy atom. The molecule has 5 nitrogen and oxygen atoms in total. The van der Waals surface area contributed by atoms with Gasteiger partial charge in [0.05, 0.1) is 24.6 Å². The average Bonchev–Trinajstić information content (AvgIpc) is 3.23. The first-order valence-electron chi connectivity index (χ1n) is 9.45. The number of hydrogen-bond acceptors (Lipinski definition) is 4. The molecular weight excluding hydrogens is 388 g/mol. The van der Waals surface area contributed by atoms with E-state index in [2.05, 4.69) is 10.2 Å². The average molecular weight is 409 g/mol. The number of hydrogen-bond donors (Lipinski definition) is 1. The third kappa shape index (κ3) is 4.88. The predicted molar refractivity (Wildman–Crippen MR) is 116 cm³/mol. The lowest BCUT2D eigenvalue weighted by molar-refractivity contribution is -0.111. The summed E-state index contributed by atoms with van der Waals surface area (Å²) in [6, 6.07) is 18.9. The van der Waals surface area contributed by atoms with E-state index < -0.39 is 0 Å². The van der Waals surface area contributed by atoms with Gasteiger partial charge in [0.1, 0.15) is 11.5 Å². The van der Waals surface area contributed by atoms with Gasteiger partial charge in [-0.3, -0.25) is 4.79 Å². The summed E-state index contributed by atoms with van der Waals surface area (Å²) >= 11 is 5.92. The highest BCUT2D eigenvalue weighted by Gasteiger charge is 2.15. The second kappa shape index (κ2) is 8.99. The first-order valence-corrected chi connectivity index (χ1v) is 9.83. The number of anilines is 2. The SMILES string of the molecule is O=C(C=Cc1ccc(-c2ccc(Cl)cc2)o1)Nc1ccccc1N1CCOCC1. The van der Waals surface area contributed by atoms with Crippen LogP contribution in [0.5, 0.6) is 0 Å². The van der Waals surface area contributed by atoms with Crippen LogP contribution in [0.2, 0.25) is 5.02 Å². The Balaban J connectivity index is 1.43. The van der Waals surface area contributed by atoms with Crippen molar-refractivity contribution < 1.29 is 13.9 Å². The molecule has 0 saturated carbocycles. The lowest BCUT2D eigenvalue weighted by atomic mass is 10.2. The van der Waals surface area contributed by atoms with Gasteiger partial charge in [-0.05, 0) is 54.6 Å². The molecule has 0 unspecified atom stereocenters. The quantitative estimate of drug-likeness (QED) is 0.597. The van der Waals surface area contributed by atoms with E-state index in [9.17, 15) is 4.79 Å². The van der Waals surface area contributed by atoms with E-state index in [4.69, 9.17) is 20.8 Å². The molecule has 1 aliphatic heterocycles. The van der Waals surface area contributed by atoms with E-state index in [-0.39, 0.29) is 5.91 Å². The molecule has 0 aliphatic carbocycles. The standard InChI is InChI=1S/C23H21ClN2O3/c24-18-7-5-17(6-8-18)22-11-9-19(29-22)10-12-23(27)25-20-3-1-2-4-21(20)26-13-15-28-16-14-26/h1-12H,13-16H2,(H,25,27). The van der Waals surface area contributed by atoms with Gasteiger partial charge in [0.2, 0.25) is 5.91 Å². The summed E-state index contributed by atoms with van der Waals surface area (Å²) in [5.41, 5.74) is 2.71. The van der Waals surface area contributed by atoms with Crippen molar-refractivity contribution in [2.45, 2.75) is 0 Å². The Bertz CT molecular complexity index is 1000. The fourth-order valence-corrected chi connectivity index (χ4v) is 3.33. The highest BCUT2D eigenvalue weighted by molar-refractivity contribution is 6.30. The topological polar surface area (TPSA) is 54.7 Å². The van der Waals surface area contributed by atoms with E-state index in [0.29, 0.717) is 24.0 Å². The van der Waals surface area contributed by atoms with Gasteiger partial charge >= 0.3 is 0 Å². The van der Waals surface area contributed by atoms with Crippen LogP contribution >= 0.6 is 11.6 Å². The van der Waals surface area contributed by atoms with Gasteiger partial charge in [-0.25, -0.2) is 0 Å². The maximum atomic E-state index is 12.4. The molecule has 4 rings (SSSR count). The van der Waals surface area contributed by atoms with E-state index in [1.165, 1.54) is 6.08 Å². The van der Waals surface area contributed by atoms with Gasteiger partial charge < -0.3 is 19.4 Å². The van der Waals surface area contributed by atoms with Crippen molar-refractivity contribution in [2.24, 2.45) is 0 Å². The molecule has 0 radical (unpaired) electrons. The number of halogens is 1. The van der Waals surface area contributed by atoms with Crippen molar-refractivity contribution in [3.8, 4) is 11.3 Å². The summed E-state index contributed by atoms with van der Waals surface area (Å²) in [6.45, 7) is 3.00. The Morgan fingerprint density at radius 1 is 1.00 bits per heavy atom. The number of nitrogens with zero attached hydrogens (tertiary/aromatic N) is 1. The zero-order chi connectivity index (χ0) is 20.1. The summed E-state index contributed by atoms with van der Waals surface area (Å²) in [5, 5.41) is 3.63. The maximum Gasteiger partial charge on any atom is 0.248 e. The number of ether oxygens (including phenoxy) is 1. The molecular formula is C23H21ClN2O3. The third-order valence-corrected chi connectivity index (χ3v) is 4.92. The summed E-state index contributed by atoms with van der Waals surface area (Å²) in [6.07, 6.45) is 3.13. The summed E-state index contributed by atoms with van der Waals surface area (Å²) in [7, 11) is 0. The molecule has 0 bridgehead atoms. The molecule has 6 heteroatoms. The first-order chi connectivity index (χ1) is 14.2. The smallest absolute Gasteiger partial charge is 0.248 e. The fraction of sp³-hybridized carbons (Fsp3) is 0.174. The van der Waals surface area contributed by atoms with Crippen molar-refractivity contribution in [3.05, 3.63) is 77.5 Å². The van der Waals surface area contributed by atoms with Crippen molar-refractivity contribution in [1.82, 2.24) is 0 Å². The summed E-state index contributed by atoms with van der Waals surface area (Å²) < 4.78 is 11.2. The van der Waals surface area contributed by atoms with Crippen LogP contribution in [0.15, 0.2) is 71.2 Å². The molecule has 2 heterocycles. The van der Waals surface area contributed by atoms with Gasteiger partial charge in [0.25, 0.3) is 0 Å². The largest absolute Gasteiger partial charge is 0.457 e. The Hall–Kier alpha value is -3.02. The van der Waals surface area contributed by atoms with Crippen molar-refractivity contribution in [1.29, 1.82) is 0 Å². The van der Waals surface area contributed by atoms with Gasteiger partial charge in [-0.15, -0.1) is 0 Å². The first kappa shape index (κ1) is 19.3. The molecule has 148 valence electrons. The van der Waals surface area contributed by atoms with Crippen LogP contribution in [-0.2, 0) is 9.53 Å². The van der Waals surface area contributed by atoms with Crippen LogP contribution < -0.4 is 10.2 Å². The molecule has 29 heavy (non-hydrogen) atoms. The number of furan rings is 1. The van der Waals surface area contributed by atoms with Gasteiger partial charge in [0, 0.05) is 29.8 Å². The normalized spacial score (nSPS) is 14.3. The number of benzene rings is 2. The highest BCUT2D eigenvalue weighted by atomic mass is 35.5. The number of morpholine rings is 1. The van der Waals surface area contributed by atoms with Gasteiger partial charge in [0.15, 0.2) is 0 Å². The Morgan fingerprint density at radius 3 is 2.55 bits per heavy atom. The van der Waals surface area contributed by atoms with E-state index in [1.54, 1.807) is 6.08 Å². The molecule has 3 aromatic rings. The van der Waals surface area contributed by atoms with Gasteiger partial charge in [-0.1, -0.05) is 23.7 Å². The molecule has 1 aromatic heterocycles. The second-order valence-corrected chi connectivity index (χ2v) is 7.08. The molecule has 2 aromatic carbocycles. The number of nitrogens with one attached hydrogen (secondary N) is 1. The lowest BCUT2D eigenvalue weighted by Crippen LogP contribution is -2.36. The van der Waals surface area contributed by atoms with E-state index in [0.717, 1.165) is 35.8 Å². The van der Waals surface area contributed by atoms with Crippen LogP contribution in [0, 0.1) is 0 Å². The number of para-hydroxylation sites is 2. The monoisotopic (exact) mass is 408 g/mol. The Kier molecular flexibility index (Phi) is 5.98. The zero-order valence-electron chi connectivity index (χ0n) is 15.8. The van der Waals surface area contributed by atoms with Crippen LogP contribution in [0.4, 0.5) is 11.4 Å². The van der Waals surface area contributed by atoms with Crippen LogP contribution in [0.1, 0.15) is 5.76 Å². The minimum Gasteiger partial charge on any atom is -0.457 e. The van der Waals surface area contributed by atoms with E-state index >= 15 is 0 Å². The Labute approximate surface area is 174 Å². The highest BCUT2D eigenvalue weighted by Crippen LogP contribution is 2.27. The third-order valence-electron chi connectivity index (χ3n) is 4.67. The van der Waals surface area contributed by atoms with Crippen molar-refractivity contribution >= 4 is 35.0 Å². The maximum absolute atomic E-state index is 12.4. The number of carbonyl (C=O) groups is 1. The molecule has 0 atom stereocenters. The molecule has 1 amide bonds. The van der Waals surface area contributed by atoms with E-state index in [1.807, 2.05) is 60.7 Å². The molecule has 1 N–H and O–H groups in total. The van der Waals surface area contributed by atoms with Crippen LogP contribution in [0.3, 0.4) is 0 Å². The molecule has 1 saturated heterocycles. The second-order valence-electron chi connectivity index (χ2n) is 6.65. The van der Waals surface area contributed by atoms with Crippen molar-refractivity contribution in [3.63, 3.8) is 0 Å². The van der Waals surface area contributed by atoms with Crippen molar-refractivity contribution in [2.75, 3.05) is 36.5 Å². The molecule has 1 aliphatic rings. The minimum absolute atomic E-state index is 0.213. The summed E-state index contributed by atoms with van der Waals surface area (Å²) in [4.78, 5) is 14.7. The number of rotatable bonds is 5.